The standard InChI is InChI=1S/C23H19ClN4O/c24-18-5-3-4-17(14-18)22-20-15-28(13-10-21(20)25-26-22)23(29)16-6-8-19(9-7-16)27-11-1-2-12-27/h1-9,11-12,14H,10,13,15H2,(H,25,26). The average molecular weight is 403 g/mol. The number of amides is 1. The zero-order chi connectivity index (χ0) is 19.8. The predicted molar refractivity (Wildman–Crippen MR) is 113 cm³/mol. The van der Waals surface area contributed by atoms with Crippen LogP contribution in [0.4, 0.5) is 0 Å². The van der Waals surface area contributed by atoms with Crippen molar-refractivity contribution in [2.75, 3.05) is 6.54 Å². The van der Waals surface area contributed by atoms with Crippen molar-refractivity contribution in [2.24, 2.45) is 0 Å². The molecule has 2 aromatic heterocycles. The molecule has 0 fully saturated rings. The highest BCUT2D eigenvalue weighted by Crippen LogP contribution is 2.30. The molecule has 0 atom stereocenters. The quantitative estimate of drug-likeness (QED) is 0.539. The Morgan fingerprint density at radius 3 is 2.59 bits per heavy atom. The molecule has 2 aromatic carbocycles. The molecule has 6 heteroatoms. The monoisotopic (exact) mass is 402 g/mol. The van der Waals surface area contributed by atoms with Gasteiger partial charge in [-0.25, -0.2) is 0 Å². The van der Waals surface area contributed by atoms with Gasteiger partial charge in [0.1, 0.15) is 0 Å². The summed E-state index contributed by atoms with van der Waals surface area (Å²) in [5.74, 6) is 0.0351. The molecular weight excluding hydrogens is 384 g/mol. The highest BCUT2D eigenvalue weighted by atomic mass is 35.5. The van der Waals surface area contributed by atoms with Crippen LogP contribution in [0.3, 0.4) is 0 Å². The number of hydrogen-bond donors (Lipinski definition) is 1. The fraction of sp³-hybridized carbons (Fsp3) is 0.130. The van der Waals surface area contributed by atoms with E-state index in [0.717, 1.165) is 34.6 Å². The minimum absolute atomic E-state index is 0.0351. The number of H-pyrrole nitrogens is 1. The molecule has 1 N–H and O–H groups in total. The van der Waals surface area contributed by atoms with Gasteiger partial charge in [-0.3, -0.25) is 9.89 Å². The molecule has 0 radical (unpaired) electrons. The highest BCUT2D eigenvalue weighted by Gasteiger charge is 2.26. The summed E-state index contributed by atoms with van der Waals surface area (Å²) in [4.78, 5) is 15.0. The second-order valence-electron chi connectivity index (χ2n) is 7.15. The van der Waals surface area contributed by atoms with Crippen molar-refractivity contribution in [3.05, 3.63) is 94.9 Å². The largest absolute Gasteiger partial charge is 0.334 e. The zero-order valence-electron chi connectivity index (χ0n) is 15.7. The first-order chi connectivity index (χ1) is 14.2. The molecule has 1 amide bonds. The lowest BCUT2D eigenvalue weighted by Gasteiger charge is -2.27. The summed E-state index contributed by atoms with van der Waals surface area (Å²) in [5, 5.41) is 8.30. The summed E-state index contributed by atoms with van der Waals surface area (Å²) in [7, 11) is 0. The minimum Gasteiger partial charge on any atom is -0.334 e. The first kappa shape index (κ1) is 17.8. The first-order valence-corrected chi connectivity index (χ1v) is 9.91. The molecular formula is C23H19ClN4O. The van der Waals surface area contributed by atoms with Gasteiger partial charge in [-0.2, -0.15) is 5.10 Å². The van der Waals surface area contributed by atoms with Gasteiger partial charge in [-0.05, 0) is 48.5 Å². The lowest BCUT2D eigenvalue weighted by molar-refractivity contribution is 0.0734. The van der Waals surface area contributed by atoms with Crippen LogP contribution in [0, 0.1) is 0 Å². The third kappa shape index (κ3) is 3.34. The Balaban J connectivity index is 1.39. The normalized spacial score (nSPS) is 13.3. The van der Waals surface area contributed by atoms with Crippen molar-refractivity contribution in [2.45, 2.75) is 13.0 Å². The molecule has 29 heavy (non-hydrogen) atoms. The number of fused-ring (bicyclic) bond motifs is 1. The third-order valence-electron chi connectivity index (χ3n) is 5.34. The maximum Gasteiger partial charge on any atom is 0.254 e. The van der Waals surface area contributed by atoms with Crippen LogP contribution in [0.1, 0.15) is 21.6 Å². The van der Waals surface area contributed by atoms with Crippen molar-refractivity contribution in [1.82, 2.24) is 19.7 Å². The van der Waals surface area contributed by atoms with Gasteiger partial charge < -0.3 is 9.47 Å². The van der Waals surface area contributed by atoms with Crippen LogP contribution >= 0.6 is 11.6 Å². The lowest BCUT2D eigenvalue weighted by Crippen LogP contribution is -2.35. The van der Waals surface area contributed by atoms with E-state index in [9.17, 15) is 4.79 Å². The molecule has 1 aliphatic heterocycles. The van der Waals surface area contributed by atoms with Gasteiger partial charge in [0.15, 0.2) is 0 Å². The van der Waals surface area contributed by atoms with Gasteiger partial charge >= 0.3 is 0 Å². The van der Waals surface area contributed by atoms with E-state index < -0.39 is 0 Å². The molecule has 0 saturated carbocycles. The van der Waals surface area contributed by atoms with Gasteiger partial charge in [0.25, 0.3) is 5.91 Å². The summed E-state index contributed by atoms with van der Waals surface area (Å²) in [6, 6.07) is 19.3. The summed E-state index contributed by atoms with van der Waals surface area (Å²) in [6.45, 7) is 1.20. The van der Waals surface area contributed by atoms with Gasteiger partial charge in [0.05, 0.1) is 5.69 Å². The van der Waals surface area contributed by atoms with E-state index in [0.29, 0.717) is 23.7 Å². The fourth-order valence-corrected chi connectivity index (χ4v) is 4.00. The van der Waals surface area contributed by atoms with Crippen molar-refractivity contribution in [1.29, 1.82) is 0 Å². The number of aromatic nitrogens is 3. The molecule has 0 unspecified atom stereocenters. The number of carbonyl (C=O) groups is 1. The van der Waals surface area contributed by atoms with Crippen LogP contribution in [0.2, 0.25) is 5.02 Å². The van der Waals surface area contributed by atoms with E-state index >= 15 is 0 Å². The molecule has 3 heterocycles. The number of carbonyl (C=O) groups excluding carboxylic acids is 1. The van der Waals surface area contributed by atoms with Gasteiger partial charge in [0.2, 0.25) is 0 Å². The number of hydrogen-bond acceptors (Lipinski definition) is 2. The second-order valence-corrected chi connectivity index (χ2v) is 7.59. The number of nitrogens with zero attached hydrogens (tertiary/aromatic N) is 3. The van der Waals surface area contributed by atoms with E-state index in [2.05, 4.69) is 10.2 Å². The second kappa shape index (κ2) is 7.26. The Morgan fingerprint density at radius 2 is 1.83 bits per heavy atom. The van der Waals surface area contributed by atoms with Crippen LogP contribution in [0.5, 0.6) is 0 Å². The lowest BCUT2D eigenvalue weighted by atomic mass is 10.0. The van der Waals surface area contributed by atoms with E-state index in [1.54, 1.807) is 0 Å². The molecule has 0 spiro atoms. The van der Waals surface area contributed by atoms with Gasteiger partial charge in [0, 0.05) is 65.0 Å². The van der Waals surface area contributed by atoms with Crippen LogP contribution in [0.15, 0.2) is 73.1 Å². The number of nitrogens with one attached hydrogen (secondary N) is 1. The van der Waals surface area contributed by atoms with Gasteiger partial charge in [-0.1, -0.05) is 23.7 Å². The Kier molecular flexibility index (Phi) is 4.45. The van der Waals surface area contributed by atoms with Crippen LogP contribution in [-0.2, 0) is 13.0 Å². The summed E-state index contributed by atoms with van der Waals surface area (Å²) in [5.41, 5.74) is 5.70. The van der Waals surface area contributed by atoms with Crippen LogP contribution in [0.25, 0.3) is 16.9 Å². The summed E-state index contributed by atoms with van der Waals surface area (Å²) in [6.07, 6.45) is 4.73. The van der Waals surface area contributed by atoms with Crippen molar-refractivity contribution in [3.63, 3.8) is 0 Å². The predicted octanol–water partition coefficient (Wildman–Crippen LogP) is 4.72. The van der Waals surface area contributed by atoms with Gasteiger partial charge in [-0.15, -0.1) is 0 Å². The molecule has 144 valence electrons. The molecule has 5 nitrogen and oxygen atoms in total. The average Bonchev–Trinajstić information content (AvgIpc) is 3.43. The Bertz CT molecular complexity index is 1160. The van der Waals surface area contributed by atoms with E-state index in [-0.39, 0.29) is 5.91 Å². The Morgan fingerprint density at radius 1 is 1.03 bits per heavy atom. The van der Waals surface area contributed by atoms with E-state index in [1.165, 1.54) is 0 Å². The van der Waals surface area contributed by atoms with E-state index in [1.807, 2.05) is 82.5 Å². The SMILES string of the molecule is O=C(c1ccc(-n2cccc2)cc1)N1CCc2[nH]nc(-c3cccc(Cl)c3)c2C1. The smallest absolute Gasteiger partial charge is 0.254 e. The maximum absolute atomic E-state index is 13.1. The number of aromatic amines is 1. The zero-order valence-corrected chi connectivity index (χ0v) is 16.4. The van der Waals surface area contributed by atoms with Crippen molar-refractivity contribution >= 4 is 17.5 Å². The topological polar surface area (TPSA) is 53.9 Å². The number of rotatable bonds is 3. The molecule has 0 aliphatic carbocycles. The first-order valence-electron chi connectivity index (χ1n) is 9.54. The highest BCUT2D eigenvalue weighted by molar-refractivity contribution is 6.30. The van der Waals surface area contributed by atoms with E-state index in [4.69, 9.17) is 11.6 Å². The molecule has 1 aliphatic rings. The van der Waals surface area contributed by atoms with Crippen molar-refractivity contribution < 1.29 is 4.79 Å². The fourth-order valence-electron chi connectivity index (χ4n) is 3.81. The molecule has 0 saturated heterocycles. The molecule has 4 aromatic rings. The molecule has 5 rings (SSSR count). The van der Waals surface area contributed by atoms with Crippen molar-refractivity contribution in [3.8, 4) is 16.9 Å². The Hall–Kier alpha value is -3.31. The minimum atomic E-state index is 0.0351. The maximum atomic E-state index is 13.1. The molecule has 0 bridgehead atoms. The number of halogens is 1. The number of benzene rings is 2. The van der Waals surface area contributed by atoms with Crippen LogP contribution < -0.4 is 0 Å². The summed E-state index contributed by atoms with van der Waals surface area (Å²) >= 11 is 6.15. The van der Waals surface area contributed by atoms with Crippen LogP contribution in [-0.4, -0.2) is 32.1 Å². The summed E-state index contributed by atoms with van der Waals surface area (Å²) < 4.78 is 2.02. The third-order valence-corrected chi connectivity index (χ3v) is 5.57. The Labute approximate surface area is 173 Å².